The molecule has 0 saturated heterocycles. The van der Waals surface area contributed by atoms with Crippen LogP contribution in [0.25, 0.3) is 0 Å². The summed E-state index contributed by atoms with van der Waals surface area (Å²) in [4.78, 5) is 12.5. The van der Waals surface area contributed by atoms with Crippen LogP contribution in [0.3, 0.4) is 0 Å². The summed E-state index contributed by atoms with van der Waals surface area (Å²) < 4.78 is 40.0. The SMILES string of the molecule is COc1ccc(CCC(C)NC(=O)c2cccc(OC)c2OC(F)F)cc1. The van der Waals surface area contributed by atoms with E-state index in [4.69, 9.17) is 9.47 Å². The van der Waals surface area contributed by atoms with Crippen LogP contribution in [-0.2, 0) is 6.42 Å². The van der Waals surface area contributed by atoms with Crippen LogP contribution < -0.4 is 19.5 Å². The van der Waals surface area contributed by atoms with Crippen LogP contribution in [0.4, 0.5) is 8.78 Å². The number of aryl methyl sites for hydroxylation is 1. The van der Waals surface area contributed by atoms with Gasteiger partial charge in [0.25, 0.3) is 5.91 Å². The monoisotopic (exact) mass is 379 g/mol. The lowest BCUT2D eigenvalue weighted by Crippen LogP contribution is -2.33. The number of carbonyl (C=O) groups is 1. The predicted molar refractivity (Wildman–Crippen MR) is 97.9 cm³/mol. The molecule has 0 bridgehead atoms. The lowest BCUT2D eigenvalue weighted by atomic mass is 10.1. The molecule has 2 aromatic carbocycles. The van der Waals surface area contributed by atoms with Crippen LogP contribution in [0, 0.1) is 0 Å². The largest absolute Gasteiger partial charge is 0.497 e. The standard InChI is InChI=1S/C20H23F2NO4/c1-13(7-8-14-9-11-15(25-2)12-10-14)23-19(24)16-5-4-6-17(26-3)18(16)27-20(21)22/h4-6,9-13,20H,7-8H2,1-3H3,(H,23,24). The third-order valence-electron chi connectivity index (χ3n) is 4.05. The summed E-state index contributed by atoms with van der Waals surface area (Å²) in [6.45, 7) is -1.20. The first kappa shape index (κ1) is 20.5. The molecule has 5 nitrogen and oxygen atoms in total. The van der Waals surface area contributed by atoms with E-state index in [1.165, 1.54) is 19.2 Å². The number of carbonyl (C=O) groups excluding carboxylic acids is 1. The van der Waals surface area contributed by atoms with Gasteiger partial charge in [-0.15, -0.1) is 0 Å². The Morgan fingerprint density at radius 1 is 1.07 bits per heavy atom. The number of amides is 1. The van der Waals surface area contributed by atoms with Gasteiger partial charge in [0.15, 0.2) is 11.5 Å². The molecule has 146 valence electrons. The maximum Gasteiger partial charge on any atom is 0.387 e. The Morgan fingerprint density at radius 3 is 2.37 bits per heavy atom. The van der Waals surface area contributed by atoms with Gasteiger partial charge in [-0.2, -0.15) is 8.78 Å². The van der Waals surface area contributed by atoms with Crippen molar-refractivity contribution in [2.45, 2.75) is 32.4 Å². The molecular formula is C20H23F2NO4. The molecule has 0 aliphatic rings. The fraction of sp³-hybridized carbons (Fsp3) is 0.350. The van der Waals surface area contributed by atoms with Gasteiger partial charge in [-0.3, -0.25) is 4.79 Å². The zero-order chi connectivity index (χ0) is 19.8. The molecule has 0 saturated carbocycles. The minimum Gasteiger partial charge on any atom is -0.497 e. The average Bonchev–Trinajstić information content (AvgIpc) is 2.66. The molecule has 0 aromatic heterocycles. The number of alkyl halides is 2. The van der Waals surface area contributed by atoms with Crippen LogP contribution in [0.2, 0.25) is 0 Å². The highest BCUT2D eigenvalue weighted by molar-refractivity contribution is 5.98. The smallest absolute Gasteiger partial charge is 0.387 e. The van der Waals surface area contributed by atoms with Gasteiger partial charge in [0, 0.05) is 6.04 Å². The first-order valence-electron chi connectivity index (χ1n) is 8.50. The first-order valence-corrected chi connectivity index (χ1v) is 8.50. The van der Waals surface area contributed by atoms with Crippen molar-refractivity contribution in [1.29, 1.82) is 0 Å². The summed E-state index contributed by atoms with van der Waals surface area (Å²) >= 11 is 0. The van der Waals surface area contributed by atoms with Crippen LogP contribution in [-0.4, -0.2) is 32.8 Å². The quantitative estimate of drug-likeness (QED) is 0.714. The summed E-state index contributed by atoms with van der Waals surface area (Å²) in [5.41, 5.74) is 1.12. The Labute approximate surface area is 157 Å². The van der Waals surface area contributed by atoms with E-state index >= 15 is 0 Å². The third kappa shape index (κ3) is 5.84. The molecule has 2 aromatic rings. The van der Waals surface area contributed by atoms with Crippen molar-refractivity contribution in [3.05, 3.63) is 53.6 Å². The molecule has 27 heavy (non-hydrogen) atoms. The molecule has 2 rings (SSSR count). The average molecular weight is 379 g/mol. The number of hydrogen-bond donors (Lipinski definition) is 1. The van der Waals surface area contributed by atoms with Crippen LogP contribution in [0.15, 0.2) is 42.5 Å². The van der Waals surface area contributed by atoms with Gasteiger partial charge in [-0.05, 0) is 49.6 Å². The molecule has 0 fully saturated rings. The van der Waals surface area contributed by atoms with Gasteiger partial charge in [0.1, 0.15) is 5.75 Å². The van der Waals surface area contributed by atoms with Gasteiger partial charge in [0.2, 0.25) is 0 Å². The van der Waals surface area contributed by atoms with Crippen molar-refractivity contribution in [3.8, 4) is 17.2 Å². The minimum absolute atomic E-state index is 0.00551. The second-order valence-corrected chi connectivity index (χ2v) is 5.98. The number of rotatable bonds is 9. The van der Waals surface area contributed by atoms with Gasteiger partial charge >= 0.3 is 6.61 Å². The van der Waals surface area contributed by atoms with Crippen molar-refractivity contribution in [1.82, 2.24) is 5.32 Å². The van der Waals surface area contributed by atoms with E-state index in [2.05, 4.69) is 10.1 Å². The maximum atomic E-state index is 12.7. The third-order valence-corrected chi connectivity index (χ3v) is 4.05. The number of halogens is 2. The summed E-state index contributed by atoms with van der Waals surface area (Å²) in [6.07, 6.45) is 1.44. The molecular weight excluding hydrogens is 356 g/mol. The number of methoxy groups -OCH3 is 2. The Bertz CT molecular complexity index is 750. The highest BCUT2D eigenvalue weighted by Crippen LogP contribution is 2.32. The highest BCUT2D eigenvalue weighted by atomic mass is 19.3. The lowest BCUT2D eigenvalue weighted by Gasteiger charge is -2.17. The Balaban J connectivity index is 2.01. The fourth-order valence-electron chi connectivity index (χ4n) is 2.62. The molecule has 1 N–H and O–H groups in total. The maximum absolute atomic E-state index is 12.7. The summed E-state index contributed by atoms with van der Waals surface area (Å²) in [5.74, 6) is 0.0974. The summed E-state index contributed by atoms with van der Waals surface area (Å²) in [7, 11) is 2.93. The van der Waals surface area contributed by atoms with Gasteiger partial charge in [-0.1, -0.05) is 18.2 Å². The predicted octanol–water partition coefficient (Wildman–Crippen LogP) is 4.06. The first-order chi connectivity index (χ1) is 12.9. The van der Waals surface area contributed by atoms with Crippen LogP contribution in [0.1, 0.15) is 29.3 Å². The van der Waals surface area contributed by atoms with Crippen molar-refractivity contribution in [2.24, 2.45) is 0 Å². The van der Waals surface area contributed by atoms with E-state index in [1.807, 2.05) is 31.2 Å². The van der Waals surface area contributed by atoms with Crippen molar-refractivity contribution < 1.29 is 27.8 Å². The summed E-state index contributed by atoms with van der Waals surface area (Å²) in [6, 6.07) is 12.0. The molecule has 1 atom stereocenters. The fourth-order valence-corrected chi connectivity index (χ4v) is 2.62. The van der Waals surface area contributed by atoms with Gasteiger partial charge in [0.05, 0.1) is 19.8 Å². The van der Waals surface area contributed by atoms with E-state index in [0.29, 0.717) is 6.42 Å². The topological polar surface area (TPSA) is 56.8 Å². The second kappa shape index (κ2) is 9.75. The minimum atomic E-state index is -3.06. The molecule has 0 spiro atoms. The van der Waals surface area contributed by atoms with E-state index in [9.17, 15) is 13.6 Å². The molecule has 0 aliphatic carbocycles. The summed E-state index contributed by atoms with van der Waals surface area (Å²) in [5, 5.41) is 2.81. The highest BCUT2D eigenvalue weighted by Gasteiger charge is 2.21. The molecule has 0 radical (unpaired) electrons. The Hall–Kier alpha value is -2.83. The van der Waals surface area contributed by atoms with Crippen molar-refractivity contribution >= 4 is 5.91 Å². The molecule has 1 amide bonds. The Kier molecular flexibility index (Phi) is 7.40. The molecule has 0 heterocycles. The van der Waals surface area contributed by atoms with Crippen molar-refractivity contribution in [3.63, 3.8) is 0 Å². The van der Waals surface area contributed by atoms with E-state index in [-0.39, 0.29) is 23.1 Å². The van der Waals surface area contributed by atoms with Crippen molar-refractivity contribution in [2.75, 3.05) is 14.2 Å². The van der Waals surface area contributed by atoms with E-state index in [1.54, 1.807) is 13.2 Å². The van der Waals surface area contributed by atoms with E-state index in [0.717, 1.165) is 17.7 Å². The number of nitrogens with one attached hydrogen (secondary N) is 1. The van der Waals surface area contributed by atoms with Crippen LogP contribution in [0.5, 0.6) is 17.2 Å². The van der Waals surface area contributed by atoms with Gasteiger partial charge < -0.3 is 19.5 Å². The lowest BCUT2D eigenvalue weighted by molar-refractivity contribution is -0.0515. The molecule has 1 unspecified atom stereocenters. The zero-order valence-electron chi connectivity index (χ0n) is 15.5. The number of benzene rings is 2. The normalized spacial score (nSPS) is 11.8. The van der Waals surface area contributed by atoms with E-state index < -0.39 is 12.5 Å². The number of para-hydroxylation sites is 1. The van der Waals surface area contributed by atoms with Gasteiger partial charge in [-0.25, -0.2) is 0 Å². The van der Waals surface area contributed by atoms with Crippen LogP contribution >= 0.6 is 0 Å². The Morgan fingerprint density at radius 2 is 1.78 bits per heavy atom. The zero-order valence-corrected chi connectivity index (χ0v) is 15.5. The molecule has 0 aliphatic heterocycles. The number of ether oxygens (including phenoxy) is 3. The number of hydrogen-bond acceptors (Lipinski definition) is 4. The second-order valence-electron chi connectivity index (χ2n) is 5.98. The molecule has 7 heteroatoms.